The number of carbonyl (C=O) groups is 2. The zero-order valence-electron chi connectivity index (χ0n) is 17.2. The first-order chi connectivity index (χ1) is 14.0. The molecule has 0 bridgehead atoms. The average Bonchev–Trinajstić information content (AvgIpc) is 3.27. The maximum atomic E-state index is 12.3. The number of anilines is 1. The third kappa shape index (κ3) is 5.81. The highest BCUT2D eigenvalue weighted by Crippen LogP contribution is 2.26. The molecule has 1 unspecified atom stereocenters. The third-order valence-corrected chi connectivity index (χ3v) is 5.33. The molecule has 2 N–H and O–H groups in total. The molecular formula is C23H30N4O2. The van der Waals surface area contributed by atoms with Crippen molar-refractivity contribution in [3.8, 4) is 0 Å². The van der Waals surface area contributed by atoms with Crippen molar-refractivity contribution < 1.29 is 9.59 Å². The fourth-order valence-electron chi connectivity index (χ4n) is 3.63. The second kappa shape index (κ2) is 10.1. The third-order valence-electron chi connectivity index (χ3n) is 5.33. The van der Waals surface area contributed by atoms with Crippen LogP contribution in [0, 0.1) is 0 Å². The molecule has 1 saturated heterocycles. The summed E-state index contributed by atoms with van der Waals surface area (Å²) in [6, 6.07) is 18.0. The summed E-state index contributed by atoms with van der Waals surface area (Å²) in [5, 5.41) is 5.51. The summed E-state index contributed by atoms with van der Waals surface area (Å²) in [5.74, 6) is -1.19. The van der Waals surface area contributed by atoms with E-state index in [1.807, 2.05) is 44.4 Å². The van der Waals surface area contributed by atoms with Gasteiger partial charge < -0.3 is 15.5 Å². The van der Waals surface area contributed by atoms with Crippen molar-refractivity contribution in [2.24, 2.45) is 0 Å². The van der Waals surface area contributed by atoms with E-state index < -0.39 is 11.8 Å². The Bertz CT molecular complexity index is 799. The fourth-order valence-corrected chi connectivity index (χ4v) is 3.63. The van der Waals surface area contributed by atoms with Gasteiger partial charge in [-0.2, -0.15) is 0 Å². The number of nitrogens with zero attached hydrogens (tertiary/aromatic N) is 2. The summed E-state index contributed by atoms with van der Waals surface area (Å²) >= 11 is 0. The lowest BCUT2D eigenvalue weighted by Crippen LogP contribution is -2.43. The average molecular weight is 395 g/mol. The van der Waals surface area contributed by atoms with Crippen molar-refractivity contribution in [3.05, 3.63) is 65.7 Å². The van der Waals surface area contributed by atoms with Crippen molar-refractivity contribution in [1.82, 2.24) is 15.5 Å². The first kappa shape index (κ1) is 20.9. The quantitative estimate of drug-likeness (QED) is 0.708. The molecule has 0 spiro atoms. The minimum atomic E-state index is -0.600. The molecular weight excluding hydrogens is 364 g/mol. The molecule has 2 aromatic rings. The Hall–Kier alpha value is -2.86. The van der Waals surface area contributed by atoms with Crippen LogP contribution in [0.5, 0.6) is 0 Å². The number of likely N-dealkylation sites (tertiary alicyclic amines) is 1. The largest absolute Gasteiger partial charge is 0.378 e. The van der Waals surface area contributed by atoms with Crippen LogP contribution in [0.3, 0.4) is 0 Å². The molecule has 3 rings (SSSR count). The summed E-state index contributed by atoms with van der Waals surface area (Å²) in [4.78, 5) is 28.9. The maximum absolute atomic E-state index is 12.3. The van der Waals surface area contributed by atoms with Crippen molar-refractivity contribution in [1.29, 1.82) is 0 Å². The van der Waals surface area contributed by atoms with Gasteiger partial charge in [-0.05, 0) is 49.2 Å². The van der Waals surface area contributed by atoms with Gasteiger partial charge in [-0.15, -0.1) is 0 Å². The van der Waals surface area contributed by atoms with Gasteiger partial charge in [0.05, 0.1) is 6.04 Å². The Kier molecular flexibility index (Phi) is 7.25. The smallest absolute Gasteiger partial charge is 0.309 e. The molecule has 29 heavy (non-hydrogen) atoms. The number of amides is 2. The topological polar surface area (TPSA) is 64.7 Å². The molecule has 1 heterocycles. The van der Waals surface area contributed by atoms with Crippen LogP contribution in [0.1, 0.15) is 30.0 Å². The van der Waals surface area contributed by atoms with Gasteiger partial charge >= 0.3 is 11.8 Å². The Morgan fingerprint density at radius 3 is 2.17 bits per heavy atom. The van der Waals surface area contributed by atoms with Gasteiger partial charge in [0.25, 0.3) is 0 Å². The molecule has 0 radical (unpaired) electrons. The zero-order valence-corrected chi connectivity index (χ0v) is 17.2. The van der Waals surface area contributed by atoms with E-state index in [2.05, 4.69) is 44.7 Å². The second-order valence-corrected chi connectivity index (χ2v) is 7.62. The number of hydrogen-bond donors (Lipinski definition) is 2. The molecule has 0 saturated carbocycles. The molecule has 1 aliphatic heterocycles. The van der Waals surface area contributed by atoms with E-state index in [1.165, 1.54) is 0 Å². The van der Waals surface area contributed by atoms with Crippen molar-refractivity contribution in [2.75, 3.05) is 38.6 Å². The van der Waals surface area contributed by atoms with Gasteiger partial charge in [-0.25, -0.2) is 0 Å². The second-order valence-electron chi connectivity index (χ2n) is 7.62. The van der Waals surface area contributed by atoms with E-state index in [9.17, 15) is 9.59 Å². The molecule has 154 valence electrons. The minimum Gasteiger partial charge on any atom is -0.378 e. The number of rotatable bonds is 7. The summed E-state index contributed by atoms with van der Waals surface area (Å²) in [5.41, 5.74) is 3.25. The summed E-state index contributed by atoms with van der Waals surface area (Å²) in [7, 11) is 4.03. The molecule has 2 amide bonds. The first-order valence-corrected chi connectivity index (χ1v) is 10.2. The molecule has 6 nitrogen and oxygen atoms in total. The number of carbonyl (C=O) groups excluding carboxylic acids is 2. The van der Waals surface area contributed by atoms with Crippen LogP contribution in [-0.4, -0.2) is 50.4 Å². The monoisotopic (exact) mass is 394 g/mol. The Morgan fingerprint density at radius 1 is 0.931 bits per heavy atom. The summed E-state index contributed by atoms with van der Waals surface area (Å²) in [6.45, 7) is 2.78. The van der Waals surface area contributed by atoms with Crippen LogP contribution in [0.25, 0.3) is 0 Å². The number of hydrogen-bond acceptors (Lipinski definition) is 4. The molecule has 0 aliphatic carbocycles. The highest BCUT2D eigenvalue weighted by molar-refractivity contribution is 6.35. The van der Waals surface area contributed by atoms with E-state index in [0.29, 0.717) is 13.1 Å². The van der Waals surface area contributed by atoms with Crippen LogP contribution < -0.4 is 15.5 Å². The Labute approximate surface area is 172 Å². The molecule has 1 fully saturated rings. The highest BCUT2D eigenvalue weighted by Gasteiger charge is 2.25. The van der Waals surface area contributed by atoms with Crippen LogP contribution in [0.2, 0.25) is 0 Å². The van der Waals surface area contributed by atoms with Gasteiger partial charge in [0.2, 0.25) is 0 Å². The van der Waals surface area contributed by atoms with Crippen LogP contribution >= 0.6 is 0 Å². The van der Waals surface area contributed by atoms with Gasteiger partial charge in [0.15, 0.2) is 0 Å². The van der Waals surface area contributed by atoms with Gasteiger partial charge in [-0.1, -0.05) is 42.5 Å². The van der Waals surface area contributed by atoms with Crippen molar-refractivity contribution in [2.45, 2.75) is 25.4 Å². The predicted octanol–water partition coefficient (Wildman–Crippen LogP) is 2.32. The standard InChI is InChI=1S/C23H30N4O2/c1-26(2)20-12-10-19(11-13-20)21(27-14-6-7-15-27)17-25-23(29)22(28)24-16-18-8-4-3-5-9-18/h3-5,8-13,21H,6-7,14-17H2,1-2H3,(H,24,28)(H,25,29). The lowest BCUT2D eigenvalue weighted by atomic mass is 10.0. The fraction of sp³-hybridized carbons (Fsp3) is 0.391. The number of nitrogens with one attached hydrogen (secondary N) is 2. The minimum absolute atomic E-state index is 0.0691. The highest BCUT2D eigenvalue weighted by atomic mass is 16.2. The van der Waals surface area contributed by atoms with Gasteiger partial charge in [-0.3, -0.25) is 14.5 Å². The Balaban J connectivity index is 1.59. The van der Waals surface area contributed by atoms with Crippen molar-refractivity contribution >= 4 is 17.5 Å². The SMILES string of the molecule is CN(C)c1ccc(C(CNC(=O)C(=O)NCc2ccccc2)N2CCCC2)cc1. The van der Waals surface area contributed by atoms with E-state index >= 15 is 0 Å². The van der Waals surface area contributed by atoms with E-state index in [-0.39, 0.29) is 6.04 Å². The van der Waals surface area contributed by atoms with Gasteiger partial charge in [0, 0.05) is 32.9 Å². The summed E-state index contributed by atoms with van der Waals surface area (Å²) in [6.07, 6.45) is 2.33. The van der Waals surface area contributed by atoms with Crippen LogP contribution in [-0.2, 0) is 16.1 Å². The van der Waals surface area contributed by atoms with Gasteiger partial charge in [0.1, 0.15) is 0 Å². The van der Waals surface area contributed by atoms with E-state index in [0.717, 1.165) is 42.7 Å². The zero-order chi connectivity index (χ0) is 20.6. The Morgan fingerprint density at radius 2 is 1.55 bits per heavy atom. The molecule has 0 aromatic heterocycles. The summed E-state index contributed by atoms with van der Waals surface area (Å²) < 4.78 is 0. The normalized spacial score (nSPS) is 15.0. The predicted molar refractivity (Wildman–Crippen MR) is 116 cm³/mol. The lowest BCUT2D eigenvalue weighted by Gasteiger charge is -2.28. The van der Waals surface area contributed by atoms with E-state index in [4.69, 9.17) is 0 Å². The molecule has 1 aliphatic rings. The van der Waals surface area contributed by atoms with Crippen LogP contribution in [0.4, 0.5) is 5.69 Å². The molecule has 2 aromatic carbocycles. The first-order valence-electron chi connectivity index (χ1n) is 10.2. The lowest BCUT2D eigenvalue weighted by molar-refractivity contribution is -0.139. The number of benzene rings is 2. The molecule has 6 heteroatoms. The maximum Gasteiger partial charge on any atom is 0.309 e. The van der Waals surface area contributed by atoms with Crippen molar-refractivity contribution in [3.63, 3.8) is 0 Å². The molecule has 1 atom stereocenters. The van der Waals surface area contributed by atoms with Crippen LogP contribution in [0.15, 0.2) is 54.6 Å². The van der Waals surface area contributed by atoms with E-state index in [1.54, 1.807) is 0 Å².